The van der Waals surface area contributed by atoms with E-state index < -0.39 is 14.9 Å². The minimum absolute atomic E-state index is 0.00375. The third-order valence-corrected chi connectivity index (χ3v) is 4.96. The smallest absolute Gasteiger partial charge is 0.258 e. The van der Waals surface area contributed by atoms with E-state index in [9.17, 15) is 18.5 Å². The highest BCUT2D eigenvalue weighted by Gasteiger charge is 2.20. The van der Waals surface area contributed by atoms with Crippen molar-refractivity contribution in [1.82, 2.24) is 4.98 Å². The summed E-state index contributed by atoms with van der Waals surface area (Å²) in [4.78, 5) is 14.9. The number of nitrogens with zero attached hydrogens (tertiary/aromatic N) is 2. The molecular weight excluding hydrogens is 302 g/mol. The van der Waals surface area contributed by atoms with Crippen molar-refractivity contribution in [3.63, 3.8) is 0 Å². The summed E-state index contributed by atoms with van der Waals surface area (Å²) in [5.74, 6) is 0. The lowest BCUT2D eigenvalue weighted by Gasteiger charge is -2.07. The molecule has 0 spiro atoms. The Hall–Kier alpha value is -2.00. The topological polar surface area (TPSA) is 102 Å². The molecule has 2 rings (SSSR count). The van der Waals surface area contributed by atoms with Crippen LogP contribution < -0.4 is 4.72 Å². The van der Waals surface area contributed by atoms with Crippen molar-refractivity contribution >= 4 is 32.2 Å². The molecule has 0 unspecified atom stereocenters. The van der Waals surface area contributed by atoms with Crippen LogP contribution in [0.1, 0.15) is 10.4 Å². The highest BCUT2D eigenvalue weighted by atomic mass is 32.2. The van der Waals surface area contributed by atoms with E-state index in [4.69, 9.17) is 0 Å². The number of rotatable bonds is 4. The Bertz CT molecular complexity index is 768. The number of non-ortho nitro benzene ring substituents is 1. The number of hydrogen-bond donors (Lipinski definition) is 1. The third kappa shape index (κ3) is 2.94. The quantitative estimate of drug-likeness (QED) is 0.690. The van der Waals surface area contributed by atoms with E-state index in [0.29, 0.717) is 5.56 Å². The second-order valence-electron chi connectivity index (χ2n) is 4.09. The minimum Gasteiger partial charge on any atom is -0.258 e. The molecule has 9 heteroatoms. The number of aromatic nitrogens is 1. The molecule has 0 bridgehead atoms. The van der Waals surface area contributed by atoms with Gasteiger partial charge < -0.3 is 0 Å². The van der Waals surface area contributed by atoms with Crippen LogP contribution in [0.15, 0.2) is 29.3 Å². The lowest BCUT2D eigenvalue weighted by molar-refractivity contribution is -0.385. The molecule has 1 aromatic heterocycles. The van der Waals surface area contributed by atoms with Gasteiger partial charge in [-0.05, 0) is 25.5 Å². The van der Waals surface area contributed by atoms with Gasteiger partial charge in [-0.15, -0.1) is 11.3 Å². The van der Waals surface area contributed by atoms with Gasteiger partial charge in [0.15, 0.2) is 5.13 Å². The molecule has 0 saturated carbocycles. The molecule has 1 heterocycles. The van der Waals surface area contributed by atoms with Crippen molar-refractivity contribution in [1.29, 1.82) is 0 Å². The number of thiazole rings is 1. The summed E-state index contributed by atoms with van der Waals surface area (Å²) >= 11 is 1.21. The van der Waals surface area contributed by atoms with E-state index in [1.807, 2.05) is 6.92 Å². The Kier molecular flexibility index (Phi) is 3.73. The highest BCUT2D eigenvalue weighted by Crippen LogP contribution is 2.25. The molecule has 20 heavy (non-hydrogen) atoms. The van der Waals surface area contributed by atoms with Gasteiger partial charge in [0.05, 0.1) is 9.82 Å². The van der Waals surface area contributed by atoms with Gasteiger partial charge in [0, 0.05) is 23.2 Å². The van der Waals surface area contributed by atoms with E-state index in [1.165, 1.54) is 30.4 Å². The van der Waals surface area contributed by atoms with Gasteiger partial charge in [-0.2, -0.15) is 0 Å². The fourth-order valence-corrected chi connectivity index (χ4v) is 3.75. The predicted octanol–water partition coefficient (Wildman–Crippen LogP) is 2.47. The van der Waals surface area contributed by atoms with Gasteiger partial charge in [0.1, 0.15) is 0 Å². The van der Waals surface area contributed by atoms with Crippen LogP contribution >= 0.6 is 11.3 Å². The molecule has 0 aliphatic heterocycles. The molecule has 2 aromatic rings. The van der Waals surface area contributed by atoms with Crippen LogP contribution in [0.4, 0.5) is 10.8 Å². The Labute approximate surface area is 119 Å². The number of aryl methyl sites for hydroxylation is 2. The summed E-state index contributed by atoms with van der Waals surface area (Å²) in [6.45, 7) is 3.32. The molecule has 0 amide bonds. The maximum Gasteiger partial charge on any atom is 0.269 e. The van der Waals surface area contributed by atoms with Crippen molar-refractivity contribution in [3.05, 3.63) is 45.0 Å². The van der Waals surface area contributed by atoms with E-state index in [2.05, 4.69) is 9.71 Å². The van der Waals surface area contributed by atoms with E-state index >= 15 is 0 Å². The summed E-state index contributed by atoms with van der Waals surface area (Å²) < 4.78 is 26.8. The van der Waals surface area contributed by atoms with Crippen LogP contribution in [-0.4, -0.2) is 18.3 Å². The zero-order valence-electron chi connectivity index (χ0n) is 10.7. The number of benzene rings is 1. The van der Waals surface area contributed by atoms with Crippen LogP contribution in [0.25, 0.3) is 0 Å². The molecule has 0 atom stereocenters. The van der Waals surface area contributed by atoms with Gasteiger partial charge in [-0.25, -0.2) is 13.4 Å². The first-order chi connectivity index (χ1) is 9.29. The van der Waals surface area contributed by atoms with Crippen molar-refractivity contribution in [2.75, 3.05) is 4.72 Å². The predicted molar refractivity (Wildman–Crippen MR) is 75.5 cm³/mol. The second-order valence-corrected chi connectivity index (χ2v) is 6.97. The second kappa shape index (κ2) is 5.17. The van der Waals surface area contributed by atoms with Crippen LogP contribution in [0.2, 0.25) is 0 Å². The summed E-state index contributed by atoms with van der Waals surface area (Å²) in [5.41, 5.74) is 0.159. The molecule has 0 aliphatic carbocycles. The molecule has 1 aromatic carbocycles. The van der Waals surface area contributed by atoms with E-state index in [-0.39, 0.29) is 15.7 Å². The highest BCUT2D eigenvalue weighted by molar-refractivity contribution is 7.93. The van der Waals surface area contributed by atoms with Crippen LogP contribution in [0, 0.1) is 24.0 Å². The molecule has 0 saturated heterocycles. The summed E-state index contributed by atoms with van der Waals surface area (Å²) in [6, 6.07) is 3.60. The van der Waals surface area contributed by atoms with Gasteiger partial charge in [0.25, 0.3) is 15.7 Å². The fourth-order valence-electron chi connectivity index (χ4n) is 1.62. The van der Waals surface area contributed by atoms with Gasteiger partial charge in [0.2, 0.25) is 0 Å². The maximum atomic E-state index is 12.2. The van der Waals surface area contributed by atoms with Crippen LogP contribution in [0.3, 0.4) is 0 Å². The molecular formula is C11H11N3O4S2. The lowest BCUT2D eigenvalue weighted by Crippen LogP contribution is -2.14. The lowest BCUT2D eigenvalue weighted by atomic mass is 10.2. The summed E-state index contributed by atoms with van der Waals surface area (Å²) in [7, 11) is -3.80. The number of sulfonamides is 1. The minimum atomic E-state index is -3.80. The first kappa shape index (κ1) is 14.4. The number of nitro benzene ring substituents is 1. The Morgan fingerprint density at radius 1 is 1.35 bits per heavy atom. The Balaban J connectivity index is 2.37. The number of nitro groups is 1. The van der Waals surface area contributed by atoms with Crippen LogP contribution in [0.5, 0.6) is 0 Å². The molecule has 106 valence electrons. The van der Waals surface area contributed by atoms with Crippen molar-refractivity contribution in [3.8, 4) is 0 Å². The van der Waals surface area contributed by atoms with Crippen molar-refractivity contribution < 1.29 is 13.3 Å². The molecule has 0 radical (unpaired) electrons. The Morgan fingerprint density at radius 3 is 2.55 bits per heavy atom. The monoisotopic (exact) mass is 313 g/mol. The van der Waals surface area contributed by atoms with Crippen molar-refractivity contribution in [2.24, 2.45) is 0 Å². The van der Waals surface area contributed by atoms with Crippen molar-refractivity contribution in [2.45, 2.75) is 18.7 Å². The molecule has 7 nitrogen and oxygen atoms in total. The average molecular weight is 313 g/mol. The van der Waals surface area contributed by atoms with Crippen LogP contribution in [-0.2, 0) is 10.0 Å². The van der Waals surface area contributed by atoms with Gasteiger partial charge in [-0.1, -0.05) is 0 Å². The molecule has 0 fully saturated rings. The fraction of sp³-hybridized carbons (Fsp3) is 0.182. The van der Waals surface area contributed by atoms with E-state index in [1.54, 1.807) is 6.20 Å². The number of nitrogens with one attached hydrogen (secondary N) is 1. The van der Waals surface area contributed by atoms with E-state index in [0.717, 1.165) is 10.9 Å². The summed E-state index contributed by atoms with van der Waals surface area (Å²) in [6.07, 6.45) is 1.56. The largest absolute Gasteiger partial charge is 0.269 e. The standard InChI is InChI=1S/C11H11N3O4S2/c1-7-5-9(14(15)16)3-4-10(7)20(17,18)13-11-12-6-8(2)19-11/h3-6H,1-2H3,(H,12,13). The number of hydrogen-bond acceptors (Lipinski definition) is 6. The zero-order chi connectivity index (χ0) is 14.9. The average Bonchev–Trinajstić information content (AvgIpc) is 2.73. The normalized spacial score (nSPS) is 11.3. The van der Waals surface area contributed by atoms with Gasteiger partial charge in [-0.3, -0.25) is 14.8 Å². The first-order valence-corrected chi connectivity index (χ1v) is 7.80. The third-order valence-electron chi connectivity index (χ3n) is 2.50. The molecule has 0 aliphatic rings. The zero-order valence-corrected chi connectivity index (χ0v) is 12.3. The number of anilines is 1. The first-order valence-electron chi connectivity index (χ1n) is 5.50. The molecule has 1 N–H and O–H groups in total. The SMILES string of the molecule is Cc1cnc(NS(=O)(=O)c2ccc([N+](=O)[O-])cc2C)s1. The maximum absolute atomic E-state index is 12.2. The summed E-state index contributed by atoms with van der Waals surface area (Å²) in [5, 5.41) is 10.9. The Morgan fingerprint density at radius 2 is 2.05 bits per heavy atom. The van der Waals surface area contributed by atoms with Gasteiger partial charge >= 0.3 is 0 Å².